The first kappa shape index (κ1) is 16.1. The zero-order chi connectivity index (χ0) is 12.5. The fraction of sp³-hybridized carbons (Fsp3) is 0.636. The van der Waals surface area contributed by atoms with Crippen LogP contribution in [-0.2, 0) is 9.53 Å². The summed E-state index contributed by atoms with van der Waals surface area (Å²) < 4.78 is 5.07. The summed E-state index contributed by atoms with van der Waals surface area (Å²) in [5.41, 5.74) is -0.480. The molecule has 0 saturated carbocycles. The first-order chi connectivity index (χ1) is 6.87. The van der Waals surface area contributed by atoms with Gasteiger partial charge in [0, 0.05) is 20.0 Å². The molecule has 0 fully saturated rings. The molecule has 0 N–H and O–H groups in total. The van der Waals surface area contributed by atoms with Crippen LogP contribution in [0, 0.1) is 0 Å². The predicted molar refractivity (Wildman–Crippen MR) is 60.8 cm³/mol. The number of rotatable bonds is 3. The highest BCUT2D eigenvalue weighted by atomic mass is 16.6. The Kier molecular flexibility index (Phi) is 8.63. The maximum absolute atomic E-state index is 11.3. The Balaban J connectivity index is 0. The topological polar surface area (TPSA) is 46.6 Å². The van der Waals surface area contributed by atoms with Gasteiger partial charge in [0.05, 0.1) is 0 Å². The van der Waals surface area contributed by atoms with Gasteiger partial charge >= 0.3 is 6.09 Å². The minimum Gasteiger partial charge on any atom is -0.444 e. The number of aldehydes is 1. The average molecular weight is 215 g/mol. The van der Waals surface area contributed by atoms with E-state index >= 15 is 0 Å². The Labute approximate surface area is 91.9 Å². The van der Waals surface area contributed by atoms with E-state index in [2.05, 4.69) is 13.2 Å². The van der Waals surface area contributed by atoms with Crippen molar-refractivity contribution in [2.45, 2.75) is 32.8 Å². The lowest BCUT2D eigenvalue weighted by Gasteiger charge is -2.24. The van der Waals surface area contributed by atoms with Crippen LogP contribution in [-0.4, -0.2) is 36.5 Å². The fourth-order valence-electron chi connectivity index (χ4n) is 0.677. The molecular weight excluding hydrogens is 194 g/mol. The zero-order valence-electron chi connectivity index (χ0n) is 10.1. The van der Waals surface area contributed by atoms with Gasteiger partial charge in [-0.15, -0.1) is 13.2 Å². The van der Waals surface area contributed by atoms with Crippen molar-refractivity contribution in [1.29, 1.82) is 0 Å². The third-order valence-corrected chi connectivity index (χ3v) is 1.29. The van der Waals surface area contributed by atoms with Crippen LogP contribution in [0.2, 0.25) is 0 Å². The summed E-state index contributed by atoms with van der Waals surface area (Å²) in [6.07, 6.45) is 0.728. The molecule has 0 aromatic rings. The highest BCUT2D eigenvalue weighted by molar-refractivity contribution is 5.68. The first-order valence-corrected chi connectivity index (χ1v) is 4.74. The molecule has 0 aliphatic heterocycles. The van der Waals surface area contributed by atoms with Crippen LogP contribution >= 0.6 is 0 Å². The Morgan fingerprint density at radius 1 is 1.40 bits per heavy atom. The van der Waals surface area contributed by atoms with E-state index in [9.17, 15) is 9.59 Å². The average Bonchev–Trinajstić information content (AvgIpc) is 2.14. The van der Waals surface area contributed by atoms with Gasteiger partial charge in [-0.3, -0.25) is 0 Å². The summed E-state index contributed by atoms with van der Waals surface area (Å²) in [5, 5.41) is 0. The fourth-order valence-corrected chi connectivity index (χ4v) is 0.677. The Morgan fingerprint density at radius 2 is 1.87 bits per heavy atom. The van der Waals surface area contributed by atoms with E-state index in [-0.39, 0.29) is 0 Å². The maximum atomic E-state index is 11.3. The van der Waals surface area contributed by atoms with Gasteiger partial charge in [-0.25, -0.2) is 4.79 Å². The number of carbonyl (C=O) groups is 2. The zero-order valence-corrected chi connectivity index (χ0v) is 10.1. The summed E-state index contributed by atoms with van der Waals surface area (Å²) >= 11 is 0. The van der Waals surface area contributed by atoms with Crippen LogP contribution < -0.4 is 0 Å². The van der Waals surface area contributed by atoms with Crippen LogP contribution in [0.3, 0.4) is 0 Å². The summed E-state index contributed by atoms with van der Waals surface area (Å²) in [6.45, 7) is 11.8. The standard InChI is InChI=1S/C9H17NO3.C2H4/c1-9(2,3)13-8(12)10(4)6-5-7-11;1-2/h7H,5-6H2,1-4H3;1-2H2. The molecule has 4 heteroatoms. The monoisotopic (exact) mass is 215 g/mol. The lowest BCUT2D eigenvalue weighted by molar-refractivity contribution is -0.108. The highest BCUT2D eigenvalue weighted by Gasteiger charge is 2.18. The Hall–Kier alpha value is -1.32. The molecule has 0 saturated heterocycles. The van der Waals surface area contributed by atoms with E-state index in [0.29, 0.717) is 13.0 Å². The van der Waals surface area contributed by atoms with Gasteiger partial charge in [-0.2, -0.15) is 0 Å². The van der Waals surface area contributed by atoms with Crippen molar-refractivity contribution < 1.29 is 14.3 Å². The van der Waals surface area contributed by atoms with Gasteiger partial charge < -0.3 is 14.4 Å². The first-order valence-electron chi connectivity index (χ1n) is 4.74. The van der Waals surface area contributed by atoms with Crippen LogP contribution in [0.15, 0.2) is 13.2 Å². The van der Waals surface area contributed by atoms with Gasteiger partial charge in [0.2, 0.25) is 0 Å². The van der Waals surface area contributed by atoms with E-state index < -0.39 is 11.7 Å². The molecule has 0 radical (unpaired) electrons. The number of hydrogen-bond acceptors (Lipinski definition) is 3. The number of carbonyl (C=O) groups excluding carboxylic acids is 2. The predicted octanol–water partition coefficient (Wildman–Crippen LogP) is 2.24. The van der Waals surface area contributed by atoms with Crippen LogP contribution in [0.1, 0.15) is 27.2 Å². The van der Waals surface area contributed by atoms with Gasteiger partial charge in [-0.1, -0.05) is 0 Å². The van der Waals surface area contributed by atoms with Crippen molar-refractivity contribution in [2.24, 2.45) is 0 Å². The van der Waals surface area contributed by atoms with Gasteiger partial charge in [0.15, 0.2) is 0 Å². The molecular formula is C11H21NO3. The molecule has 0 spiro atoms. The molecule has 0 atom stereocenters. The van der Waals surface area contributed by atoms with Crippen molar-refractivity contribution in [3.05, 3.63) is 13.2 Å². The largest absolute Gasteiger partial charge is 0.444 e. The second-order valence-electron chi connectivity index (χ2n) is 3.86. The van der Waals surface area contributed by atoms with E-state index in [4.69, 9.17) is 4.74 Å². The minimum absolute atomic E-state index is 0.343. The normalized spacial score (nSPS) is 9.60. The van der Waals surface area contributed by atoms with Gasteiger partial charge in [0.1, 0.15) is 11.9 Å². The molecule has 4 nitrogen and oxygen atoms in total. The number of nitrogens with zero attached hydrogens (tertiary/aromatic N) is 1. The lowest BCUT2D eigenvalue weighted by atomic mass is 10.2. The number of amides is 1. The smallest absolute Gasteiger partial charge is 0.410 e. The van der Waals surface area contributed by atoms with Crippen LogP contribution in [0.5, 0.6) is 0 Å². The van der Waals surface area contributed by atoms with Crippen LogP contribution in [0.4, 0.5) is 4.79 Å². The quantitative estimate of drug-likeness (QED) is 0.536. The summed E-state index contributed by atoms with van der Waals surface area (Å²) in [5.74, 6) is 0. The number of hydrogen-bond donors (Lipinski definition) is 0. The third kappa shape index (κ3) is 10.6. The summed E-state index contributed by atoms with van der Waals surface area (Å²) in [6, 6.07) is 0. The van der Waals surface area contributed by atoms with E-state index in [1.54, 1.807) is 27.8 Å². The third-order valence-electron chi connectivity index (χ3n) is 1.29. The summed E-state index contributed by atoms with van der Waals surface area (Å²) in [4.78, 5) is 22.7. The molecule has 0 aliphatic carbocycles. The van der Waals surface area contributed by atoms with Gasteiger partial charge in [0.25, 0.3) is 0 Å². The van der Waals surface area contributed by atoms with Crippen molar-refractivity contribution in [3.8, 4) is 0 Å². The minimum atomic E-state index is -0.480. The lowest BCUT2D eigenvalue weighted by Crippen LogP contribution is -2.34. The van der Waals surface area contributed by atoms with Crippen molar-refractivity contribution in [2.75, 3.05) is 13.6 Å². The second-order valence-corrected chi connectivity index (χ2v) is 3.86. The molecule has 1 amide bonds. The molecule has 15 heavy (non-hydrogen) atoms. The molecule has 0 unspecified atom stereocenters. The molecule has 0 heterocycles. The Bertz CT molecular complexity index is 196. The molecule has 0 aliphatic rings. The van der Waals surface area contributed by atoms with Gasteiger partial charge in [-0.05, 0) is 20.8 Å². The molecule has 0 aromatic heterocycles. The SMILES string of the molecule is C=C.CN(CCC=O)C(=O)OC(C)(C)C. The van der Waals surface area contributed by atoms with Crippen molar-refractivity contribution in [3.63, 3.8) is 0 Å². The van der Waals surface area contributed by atoms with E-state index in [0.717, 1.165) is 6.29 Å². The molecule has 0 bridgehead atoms. The Morgan fingerprint density at radius 3 is 2.20 bits per heavy atom. The second kappa shape index (κ2) is 8.03. The highest BCUT2D eigenvalue weighted by Crippen LogP contribution is 2.08. The van der Waals surface area contributed by atoms with Crippen LogP contribution in [0.25, 0.3) is 0 Å². The molecule has 88 valence electrons. The molecule has 0 rings (SSSR count). The number of ether oxygens (including phenoxy) is 1. The van der Waals surface area contributed by atoms with Crippen molar-refractivity contribution >= 4 is 12.4 Å². The molecule has 0 aromatic carbocycles. The van der Waals surface area contributed by atoms with E-state index in [1.165, 1.54) is 4.90 Å². The summed E-state index contributed by atoms with van der Waals surface area (Å²) in [7, 11) is 1.61. The maximum Gasteiger partial charge on any atom is 0.410 e. The van der Waals surface area contributed by atoms with Crippen molar-refractivity contribution in [1.82, 2.24) is 4.90 Å². The van der Waals surface area contributed by atoms with E-state index in [1.807, 2.05) is 0 Å².